The van der Waals surface area contributed by atoms with Gasteiger partial charge in [0.15, 0.2) is 0 Å². The van der Waals surface area contributed by atoms with Crippen LogP contribution in [0.15, 0.2) is 36.4 Å². The zero-order valence-corrected chi connectivity index (χ0v) is 20.7. The molecule has 0 radical (unpaired) electrons. The monoisotopic (exact) mass is 506 g/mol. The summed E-state index contributed by atoms with van der Waals surface area (Å²) in [5, 5.41) is 5.55. The lowest BCUT2D eigenvalue weighted by Crippen LogP contribution is -2.57. The number of fused-ring (bicyclic) bond motifs is 1. The number of rotatable bonds is 6. The molecule has 0 aliphatic carbocycles. The van der Waals surface area contributed by atoms with Crippen LogP contribution in [0.3, 0.4) is 0 Å². The van der Waals surface area contributed by atoms with Crippen LogP contribution in [0.2, 0.25) is 0 Å². The topological polar surface area (TPSA) is 91.0 Å². The molecular formula is C28H31FN4O4. The molecule has 2 aromatic carbocycles. The molecule has 2 aromatic rings. The van der Waals surface area contributed by atoms with Crippen LogP contribution in [0.1, 0.15) is 52.7 Å². The van der Waals surface area contributed by atoms with Crippen LogP contribution >= 0.6 is 0 Å². The van der Waals surface area contributed by atoms with E-state index in [1.165, 1.54) is 4.90 Å². The third-order valence-corrected chi connectivity index (χ3v) is 8.22. The number of hydrogen-bond acceptors (Lipinski definition) is 6. The highest BCUT2D eigenvalue weighted by Crippen LogP contribution is 2.40. The molecule has 9 heteroatoms. The Kier molecular flexibility index (Phi) is 6.20. The maximum absolute atomic E-state index is 15.0. The Bertz CT molecular complexity index is 1250. The summed E-state index contributed by atoms with van der Waals surface area (Å²) in [6.45, 7) is 5.06. The Morgan fingerprint density at radius 2 is 1.92 bits per heavy atom. The summed E-state index contributed by atoms with van der Waals surface area (Å²) in [4.78, 5) is 41.0. The highest BCUT2D eigenvalue weighted by atomic mass is 19.1. The molecule has 6 rings (SSSR count). The van der Waals surface area contributed by atoms with Crippen molar-refractivity contribution >= 4 is 23.4 Å². The van der Waals surface area contributed by atoms with Crippen molar-refractivity contribution in [2.24, 2.45) is 5.41 Å². The van der Waals surface area contributed by atoms with Crippen molar-refractivity contribution in [1.82, 2.24) is 15.1 Å². The molecule has 4 aliphatic rings. The molecule has 3 fully saturated rings. The molecule has 194 valence electrons. The van der Waals surface area contributed by atoms with Crippen molar-refractivity contribution in [3.8, 4) is 0 Å². The summed E-state index contributed by atoms with van der Waals surface area (Å²) in [6, 6.07) is 10.2. The molecule has 1 atom stereocenters. The molecule has 0 bridgehead atoms. The normalized spacial score (nSPS) is 23.1. The minimum Gasteiger partial charge on any atom is -0.381 e. The molecule has 8 nitrogen and oxygen atoms in total. The summed E-state index contributed by atoms with van der Waals surface area (Å²) >= 11 is 0. The fourth-order valence-corrected chi connectivity index (χ4v) is 6.18. The number of carbonyl (C=O) groups excluding carboxylic acids is 3. The minimum absolute atomic E-state index is 0.213. The van der Waals surface area contributed by atoms with Crippen LogP contribution in [-0.4, -0.2) is 59.9 Å². The number of anilines is 1. The number of halogens is 1. The van der Waals surface area contributed by atoms with Crippen LogP contribution in [0.5, 0.6) is 0 Å². The average molecular weight is 507 g/mol. The molecule has 37 heavy (non-hydrogen) atoms. The minimum atomic E-state index is -0.664. The Balaban J connectivity index is 1.09. The summed E-state index contributed by atoms with van der Waals surface area (Å²) in [5.74, 6) is -1.26. The number of nitrogens with zero attached hydrogens (tertiary/aromatic N) is 2. The van der Waals surface area contributed by atoms with Gasteiger partial charge in [-0.25, -0.2) is 4.39 Å². The molecule has 4 heterocycles. The Labute approximate surface area is 215 Å². The van der Waals surface area contributed by atoms with Gasteiger partial charge in [0.05, 0.1) is 5.56 Å². The van der Waals surface area contributed by atoms with Gasteiger partial charge in [0.2, 0.25) is 11.8 Å². The van der Waals surface area contributed by atoms with E-state index in [0.717, 1.165) is 56.8 Å². The number of amides is 3. The van der Waals surface area contributed by atoms with Crippen molar-refractivity contribution < 1.29 is 23.5 Å². The molecule has 3 saturated heterocycles. The largest absolute Gasteiger partial charge is 0.381 e. The predicted octanol–water partition coefficient (Wildman–Crippen LogP) is 2.81. The first-order chi connectivity index (χ1) is 17.9. The van der Waals surface area contributed by atoms with E-state index < -0.39 is 11.9 Å². The van der Waals surface area contributed by atoms with Gasteiger partial charge < -0.3 is 15.0 Å². The van der Waals surface area contributed by atoms with Crippen LogP contribution in [0.25, 0.3) is 0 Å². The highest BCUT2D eigenvalue weighted by molar-refractivity contribution is 6.07. The third-order valence-electron chi connectivity index (χ3n) is 8.22. The lowest BCUT2D eigenvalue weighted by atomic mass is 9.73. The van der Waals surface area contributed by atoms with E-state index in [1.54, 1.807) is 12.1 Å². The van der Waals surface area contributed by atoms with E-state index in [4.69, 9.17) is 4.74 Å². The second-order valence-corrected chi connectivity index (χ2v) is 10.8. The summed E-state index contributed by atoms with van der Waals surface area (Å²) in [7, 11) is 0. The lowest BCUT2D eigenvalue weighted by Gasteiger charge is -2.52. The van der Waals surface area contributed by atoms with E-state index in [9.17, 15) is 18.8 Å². The molecular weight excluding hydrogens is 475 g/mol. The third kappa shape index (κ3) is 4.62. The Morgan fingerprint density at radius 1 is 1.11 bits per heavy atom. The van der Waals surface area contributed by atoms with Crippen molar-refractivity contribution in [2.45, 2.75) is 51.4 Å². The van der Waals surface area contributed by atoms with Crippen molar-refractivity contribution in [3.05, 3.63) is 64.5 Å². The van der Waals surface area contributed by atoms with Gasteiger partial charge in [-0.15, -0.1) is 0 Å². The summed E-state index contributed by atoms with van der Waals surface area (Å²) < 4.78 is 20.5. The zero-order valence-electron chi connectivity index (χ0n) is 20.7. The van der Waals surface area contributed by atoms with Crippen LogP contribution < -0.4 is 10.6 Å². The number of ether oxygens (including phenoxy) is 1. The van der Waals surface area contributed by atoms with E-state index in [-0.39, 0.29) is 30.6 Å². The number of carbonyl (C=O) groups is 3. The second kappa shape index (κ2) is 9.54. The number of piperidine rings is 1. The number of imide groups is 1. The van der Waals surface area contributed by atoms with E-state index in [2.05, 4.69) is 15.5 Å². The first kappa shape index (κ1) is 24.1. The van der Waals surface area contributed by atoms with Gasteiger partial charge >= 0.3 is 0 Å². The number of likely N-dealkylation sites (tertiary alicyclic amines) is 1. The SMILES string of the molecule is O=C1CCC(N2Cc3cccc(NCc4ccc(CN5CC6(CCOCC6)C5)cc4F)c3C2=O)C(=O)N1. The van der Waals surface area contributed by atoms with Gasteiger partial charge in [-0.1, -0.05) is 24.3 Å². The molecule has 1 spiro atoms. The Hall–Kier alpha value is -3.30. The molecule has 0 saturated carbocycles. The second-order valence-electron chi connectivity index (χ2n) is 10.8. The van der Waals surface area contributed by atoms with Crippen LogP contribution in [0.4, 0.5) is 10.1 Å². The molecule has 1 unspecified atom stereocenters. The first-order valence-corrected chi connectivity index (χ1v) is 13.0. The molecule has 3 amide bonds. The van der Waals surface area contributed by atoms with Crippen LogP contribution in [0, 0.1) is 11.2 Å². The van der Waals surface area contributed by atoms with Crippen LogP contribution in [-0.2, 0) is 34.0 Å². The summed E-state index contributed by atoms with van der Waals surface area (Å²) in [5.41, 5.74) is 3.80. The Morgan fingerprint density at radius 3 is 2.68 bits per heavy atom. The quantitative estimate of drug-likeness (QED) is 0.586. The smallest absolute Gasteiger partial charge is 0.257 e. The standard InChI is InChI=1S/C28H31FN4O4/c29-21-12-18(14-32-16-28(17-32)8-10-37-11-9-28)4-5-19(21)13-30-22-3-1-2-20-15-33(27(36)25(20)22)23-6-7-24(34)31-26(23)35/h1-5,12,23,30H,6-11,13-17H2,(H,31,34,35). The van der Waals surface area contributed by atoms with Gasteiger partial charge in [0, 0.05) is 69.0 Å². The molecule has 4 aliphatic heterocycles. The van der Waals surface area contributed by atoms with Gasteiger partial charge in [-0.3, -0.25) is 24.6 Å². The van der Waals surface area contributed by atoms with Crippen molar-refractivity contribution in [2.75, 3.05) is 31.6 Å². The summed E-state index contributed by atoms with van der Waals surface area (Å²) in [6.07, 6.45) is 2.75. The zero-order chi connectivity index (χ0) is 25.6. The predicted molar refractivity (Wildman–Crippen MR) is 134 cm³/mol. The van der Waals surface area contributed by atoms with Gasteiger partial charge in [-0.2, -0.15) is 0 Å². The highest BCUT2D eigenvalue weighted by Gasteiger charge is 2.43. The maximum Gasteiger partial charge on any atom is 0.257 e. The number of benzene rings is 2. The lowest BCUT2D eigenvalue weighted by molar-refractivity contribution is -0.136. The average Bonchev–Trinajstić information content (AvgIpc) is 3.20. The van der Waals surface area contributed by atoms with Gasteiger partial charge in [-0.05, 0) is 42.5 Å². The van der Waals surface area contributed by atoms with E-state index >= 15 is 0 Å². The number of hydrogen-bond donors (Lipinski definition) is 2. The van der Waals surface area contributed by atoms with Gasteiger partial charge in [0.1, 0.15) is 11.9 Å². The van der Waals surface area contributed by atoms with Gasteiger partial charge in [0.25, 0.3) is 5.91 Å². The van der Waals surface area contributed by atoms with E-state index in [0.29, 0.717) is 35.2 Å². The fraction of sp³-hybridized carbons (Fsp3) is 0.464. The molecule has 0 aromatic heterocycles. The van der Waals surface area contributed by atoms with Crippen molar-refractivity contribution in [1.29, 1.82) is 0 Å². The number of nitrogens with one attached hydrogen (secondary N) is 2. The van der Waals surface area contributed by atoms with Crippen molar-refractivity contribution in [3.63, 3.8) is 0 Å². The maximum atomic E-state index is 15.0. The van der Waals surface area contributed by atoms with E-state index in [1.807, 2.05) is 24.3 Å². The molecule has 2 N–H and O–H groups in total. The first-order valence-electron chi connectivity index (χ1n) is 13.0. The fourth-order valence-electron chi connectivity index (χ4n) is 6.18.